The lowest BCUT2D eigenvalue weighted by Crippen LogP contribution is -2.24. The second-order valence-corrected chi connectivity index (χ2v) is 6.18. The minimum Gasteiger partial charge on any atom is -0.478 e. The van der Waals surface area contributed by atoms with E-state index in [1.54, 1.807) is 24.3 Å². The van der Waals surface area contributed by atoms with Crippen LogP contribution in [0.25, 0.3) is 0 Å². The van der Waals surface area contributed by atoms with Gasteiger partial charge >= 0.3 is 11.9 Å². The highest BCUT2D eigenvalue weighted by Crippen LogP contribution is 2.22. The first-order valence-electron chi connectivity index (χ1n) is 8.99. The van der Waals surface area contributed by atoms with Crippen molar-refractivity contribution in [2.24, 2.45) is 0 Å². The van der Waals surface area contributed by atoms with Crippen LogP contribution in [0.15, 0.2) is 48.5 Å². The molecule has 0 aliphatic carbocycles. The highest BCUT2D eigenvalue weighted by Gasteiger charge is 2.15. The zero-order chi connectivity index (χ0) is 19.6. The molecule has 2 N–H and O–H groups in total. The summed E-state index contributed by atoms with van der Waals surface area (Å²) in [6.45, 7) is 2.12. The number of ether oxygens (including phenoxy) is 2. The summed E-state index contributed by atoms with van der Waals surface area (Å²) in [6.07, 6.45) is 4.09. The molecule has 0 fully saturated rings. The Morgan fingerprint density at radius 3 is 1.81 bits per heavy atom. The van der Waals surface area contributed by atoms with Gasteiger partial charge in [0.1, 0.15) is 11.5 Å². The molecular weight excluding hydrogens is 348 g/mol. The molecule has 6 nitrogen and oxygen atoms in total. The van der Waals surface area contributed by atoms with E-state index in [1.807, 2.05) is 0 Å². The van der Waals surface area contributed by atoms with Crippen molar-refractivity contribution in [3.63, 3.8) is 0 Å². The van der Waals surface area contributed by atoms with Crippen LogP contribution < -0.4 is 9.47 Å². The molecule has 0 aliphatic rings. The predicted molar refractivity (Wildman–Crippen MR) is 101 cm³/mol. The number of hydrogen-bond donors (Lipinski definition) is 2. The van der Waals surface area contributed by atoms with Crippen LogP contribution in [0.5, 0.6) is 11.5 Å². The minimum absolute atomic E-state index is 0.130. The number of carboxylic acid groups (broad SMARTS) is 2. The van der Waals surface area contributed by atoms with E-state index in [0.29, 0.717) is 17.9 Å². The van der Waals surface area contributed by atoms with Gasteiger partial charge in [-0.15, -0.1) is 0 Å². The highest BCUT2D eigenvalue weighted by atomic mass is 16.7. The number of carboxylic acids is 2. The van der Waals surface area contributed by atoms with Crippen molar-refractivity contribution in [1.29, 1.82) is 0 Å². The summed E-state index contributed by atoms with van der Waals surface area (Å²) in [4.78, 5) is 22.3. The molecule has 27 heavy (non-hydrogen) atoms. The fourth-order valence-electron chi connectivity index (χ4n) is 2.59. The summed E-state index contributed by atoms with van der Waals surface area (Å²) in [5, 5.41) is 18.2. The highest BCUT2D eigenvalue weighted by molar-refractivity contribution is 5.88. The van der Waals surface area contributed by atoms with Crippen LogP contribution in [0.3, 0.4) is 0 Å². The summed E-state index contributed by atoms with van der Waals surface area (Å²) in [5.41, 5.74) is 0.259. The average Bonchev–Trinajstić information content (AvgIpc) is 2.65. The van der Waals surface area contributed by atoms with Gasteiger partial charge in [0.2, 0.25) is 6.29 Å². The van der Waals surface area contributed by atoms with Crippen LogP contribution in [-0.2, 0) is 0 Å². The Morgan fingerprint density at radius 2 is 1.37 bits per heavy atom. The van der Waals surface area contributed by atoms with E-state index in [2.05, 4.69) is 6.92 Å². The fourth-order valence-corrected chi connectivity index (χ4v) is 2.59. The van der Waals surface area contributed by atoms with Gasteiger partial charge in [-0.2, -0.15) is 0 Å². The quantitative estimate of drug-likeness (QED) is 0.433. The summed E-state index contributed by atoms with van der Waals surface area (Å²) >= 11 is 0. The molecule has 0 bridgehead atoms. The van der Waals surface area contributed by atoms with Gasteiger partial charge in [0.15, 0.2) is 0 Å². The lowest BCUT2D eigenvalue weighted by atomic mass is 10.1. The van der Waals surface area contributed by atoms with Crippen LogP contribution in [0.1, 0.15) is 59.7 Å². The van der Waals surface area contributed by atoms with Crippen LogP contribution in [-0.4, -0.2) is 28.4 Å². The van der Waals surface area contributed by atoms with E-state index < -0.39 is 18.2 Å². The number of hydrogen-bond acceptors (Lipinski definition) is 4. The summed E-state index contributed by atoms with van der Waals surface area (Å²) in [6, 6.07) is 12.4. The Kier molecular flexibility index (Phi) is 7.67. The van der Waals surface area contributed by atoms with Crippen molar-refractivity contribution in [3.8, 4) is 11.5 Å². The molecule has 0 heterocycles. The molecule has 0 spiro atoms. The smallest absolute Gasteiger partial charge is 0.335 e. The lowest BCUT2D eigenvalue weighted by Gasteiger charge is -2.21. The molecule has 0 atom stereocenters. The second-order valence-electron chi connectivity index (χ2n) is 6.18. The second kappa shape index (κ2) is 10.2. The van der Waals surface area contributed by atoms with Crippen molar-refractivity contribution >= 4 is 11.9 Å². The standard InChI is InChI=1S/C21H24O6/c1-2-3-4-5-12-19(26-17-10-6-8-15(13-17)20(22)23)27-18-11-7-9-16(14-18)21(24)25/h6-11,13-14,19H,2-5,12H2,1H3,(H,22,23)(H,24,25). The van der Waals surface area contributed by atoms with Crippen molar-refractivity contribution in [3.05, 3.63) is 59.7 Å². The van der Waals surface area contributed by atoms with E-state index in [-0.39, 0.29) is 11.1 Å². The first-order valence-corrected chi connectivity index (χ1v) is 8.99. The number of carbonyl (C=O) groups is 2. The SMILES string of the molecule is CCCCCCC(Oc1cccc(C(=O)O)c1)Oc1cccc(C(=O)O)c1. The molecule has 0 aliphatic heterocycles. The van der Waals surface area contributed by atoms with E-state index in [0.717, 1.165) is 25.7 Å². The van der Waals surface area contributed by atoms with Gasteiger partial charge < -0.3 is 19.7 Å². The van der Waals surface area contributed by atoms with Crippen LogP contribution in [0.4, 0.5) is 0 Å². The molecule has 2 aromatic carbocycles. The number of unbranched alkanes of at least 4 members (excludes halogenated alkanes) is 3. The first kappa shape index (κ1) is 20.3. The Balaban J connectivity index is 2.12. The maximum absolute atomic E-state index is 11.1. The van der Waals surface area contributed by atoms with Gasteiger partial charge in [-0.05, 0) is 42.8 Å². The molecule has 0 unspecified atom stereocenters. The van der Waals surface area contributed by atoms with E-state index >= 15 is 0 Å². The van der Waals surface area contributed by atoms with Crippen molar-refractivity contribution in [1.82, 2.24) is 0 Å². The van der Waals surface area contributed by atoms with Gasteiger partial charge in [0.25, 0.3) is 0 Å². The molecule has 0 radical (unpaired) electrons. The number of aromatic carboxylic acids is 2. The van der Waals surface area contributed by atoms with E-state index in [9.17, 15) is 9.59 Å². The van der Waals surface area contributed by atoms with Crippen LogP contribution in [0.2, 0.25) is 0 Å². The Morgan fingerprint density at radius 1 is 0.852 bits per heavy atom. The van der Waals surface area contributed by atoms with E-state index in [1.165, 1.54) is 24.3 Å². The normalized spacial score (nSPS) is 10.6. The summed E-state index contributed by atoms with van der Waals surface area (Å²) < 4.78 is 11.7. The maximum atomic E-state index is 11.1. The molecular formula is C21H24O6. The monoisotopic (exact) mass is 372 g/mol. The minimum atomic E-state index is -1.03. The molecule has 2 rings (SSSR count). The van der Waals surface area contributed by atoms with Crippen LogP contribution >= 0.6 is 0 Å². The van der Waals surface area contributed by atoms with Crippen molar-refractivity contribution < 1.29 is 29.3 Å². The average molecular weight is 372 g/mol. The largest absolute Gasteiger partial charge is 0.478 e. The number of benzene rings is 2. The third kappa shape index (κ3) is 6.66. The molecule has 2 aromatic rings. The van der Waals surface area contributed by atoms with Gasteiger partial charge in [0.05, 0.1) is 11.1 Å². The molecule has 0 saturated carbocycles. The maximum Gasteiger partial charge on any atom is 0.335 e. The summed E-state index contributed by atoms with van der Waals surface area (Å²) in [7, 11) is 0. The van der Waals surface area contributed by atoms with E-state index in [4.69, 9.17) is 19.7 Å². The van der Waals surface area contributed by atoms with Gasteiger partial charge in [-0.1, -0.05) is 38.3 Å². The van der Waals surface area contributed by atoms with Crippen LogP contribution in [0, 0.1) is 0 Å². The Bertz CT molecular complexity index is 711. The zero-order valence-corrected chi connectivity index (χ0v) is 15.3. The molecule has 6 heteroatoms. The Labute approximate surface area is 158 Å². The lowest BCUT2D eigenvalue weighted by molar-refractivity contribution is -0.00266. The number of rotatable bonds is 11. The molecule has 0 aromatic heterocycles. The van der Waals surface area contributed by atoms with Crippen molar-refractivity contribution in [2.75, 3.05) is 0 Å². The summed E-state index contributed by atoms with van der Waals surface area (Å²) in [5.74, 6) is -1.28. The third-order valence-corrected chi connectivity index (χ3v) is 3.99. The predicted octanol–water partition coefficient (Wildman–Crippen LogP) is 4.84. The van der Waals surface area contributed by atoms with Crippen molar-refractivity contribution in [2.45, 2.75) is 45.3 Å². The molecule has 0 saturated heterocycles. The fraction of sp³-hybridized carbons (Fsp3) is 0.333. The van der Waals surface area contributed by atoms with Gasteiger partial charge in [-0.3, -0.25) is 0 Å². The van der Waals surface area contributed by atoms with Gasteiger partial charge in [-0.25, -0.2) is 9.59 Å². The first-order chi connectivity index (χ1) is 13.0. The third-order valence-electron chi connectivity index (χ3n) is 3.99. The van der Waals surface area contributed by atoms with Gasteiger partial charge in [0, 0.05) is 6.42 Å². The molecule has 0 amide bonds. The Hall–Kier alpha value is -3.02. The molecule has 144 valence electrons. The zero-order valence-electron chi connectivity index (χ0n) is 15.3. The topological polar surface area (TPSA) is 93.1 Å².